The summed E-state index contributed by atoms with van der Waals surface area (Å²) < 4.78 is 27.7. The molecule has 3 aromatic carbocycles. The number of hydrogen-bond acceptors (Lipinski definition) is 3. The Morgan fingerprint density at radius 3 is 2.18 bits per heavy atom. The number of nitrogens with zero attached hydrogens (tertiary/aromatic N) is 1. The van der Waals surface area contributed by atoms with Crippen LogP contribution in [0.2, 0.25) is 10.0 Å². The van der Waals surface area contributed by atoms with Crippen molar-refractivity contribution < 1.29 is 13.2 Å². The number of sulfonamides is 1. The smallest absolute Gasteiger partial charge is 0.225 e. The number of rotatable bonds is 7. The Kier molecular flexibility index (Phi) is 7.94. The first-order chi connectivity index (χ1) is 16.3. The summed E-state index contributed by atoms with van der Waals surface area (Å²) in [6, 6.07) is 24.0. The first-order valence-electron chi connectivity index (χ1n) is 11.2. The molecule has 1 aliphatic heterocycles. The van der Waals surface area contributed by atoms with Crippen LogP contribution in [0.5, 0.6) is 0 Å². The van der Waals surface area contributed by atoms with Crippen LogP contribution in [0.25, 0.3) is 0 Å². The van der Waals surface area contributed by atoms with Gasteiger partial charge in [-0.2, -0.15) is 0 Å². The molecular formula is C26H26Cl2N2O3S. The van der Waals surface area contributed by atoms with Crippen molar-refractivity contribution in [1.29, 1.82) is 0 Å². The van der Waals surface area contributed by atoms with Crippen LogP contribution in [0, 0.1) is 5.92 Å². The van der Waals surface area contributed by atoms with Crippen molar-refractivity contribution in [3.63, 3.8) is 0 Å². The maximum absolute atomic E-state index is 13.3. The van der Waals surface area contributed by atoms with Crippen molar-refractivity contribution >= 4 is 39.1 Å². The number of hydrogen-bond donors (Lipinski definition) is 1. The molecule has 5 nitrogen and oxygen atoms in total. The molecule has 1 fully saturated rings. The fourth-order valence-electron chi connectivity index (χ4n) is 4.25. The third kappa shape index (κ3) is 5.99. The van der Waals surface area contributed by atoms with Gasteiger partial charge >= 0.3 is 0 Å². The molecule has 1 aliphatic rings. The third-order valence-corrected chi connectivity index (χ3v) is 8.43. The zero-order valence-electron chi connectivity index (χ0n) is 18.5. The highest BCUT2D eigenvalue weighted by Gasteiger charge is 2.33. The van der Waals surface area contributed by atoms with Gasteiger partial charge < -0.3 is 5.32 Å². The van der Waals surface area contributed by atoms with E-state index in [-0.39, 0.29) is 24.2 Å². The van der Waals surface area contributed by atoms with Crippen molar-refractivity contribution in [1.82, 2.24) is 9.62 Å². The van der Waals surface area contributed by atoms with Gasteiger partial charge in [-0.15, -0.1) is 0 Å². The molecule has 178 valence electrons. The number of halogens is 2. The first-order valence-corrected chi connectivity index (χ1v) is 13.5. The van der Waals surface area contributed by atoms with Gasteiger partial charge in [0.1, 0.15) is 0 Å². The van der Waals surface area contributed by atoms with E-state index in [1.54, 1.807) is 12.1 Å². The van der Waals surface area contributed by atoms with Crippen molar-refractivity contribution in [3.8, 4) is 0 Å². The molecule has 0 aromatic heterocycles. The fourth-order valence-corrected chi connectivity index (χ4v) is 6.44. The normalized spacial score (nSPS) is 17.0. The first kappa shape index (κ1) is 24.7. The number of nitrogens with one attached hydrogen (secondary N) is 1. The highest BCUT2D eigenvalue weighted by atomic mass is 35.5. The number of amides is 1. The molecule has 34 heavy (non-hydrogen) atoms. The summed E-state index contributed by atoms with van der Waals surface area (Å²) in [6.45, 7) is 0.536. The lowest BCUT2D eigenvalue weighted by molar-refractivity contribution is -0.126. The Morgan fingerprint density at radius 1 is 0.971 bits per heavy atom. The largest absolute Gasteiger partial charge is 0.345 e. The van der Waals surface area contributed by atoms with Gasteiger partial charge in [0.15, 0.2) is 0 Å². The molecule has 0 saturated carbocycles. The molecule has 1 unspecified atom stereocenters. The lowest BCUT2D eigenvalue weighted by Gasteiger charge is -2.32. The molecule has 1 amide bonds. The van der Waals surface area contributed by atoms with Crippen molar-refractivity contribution in [2.24, 2.45) is 5.92 Å². The highest BCUT2D eigenvalue weighted by molar-refractivity contribution is 7.88. The van der Waals surface area contributed by atoms with E-state index in [1.165, 1.54) is 10.4 Å². The second-order valence-corrected chi connectivity index (χ2v) is 11.3. The van der Waals surface area contributed by atoms with Crippen molar-refractivity contribution in [3.05, 3.63) is 106 Å². The van der Waals surface area contributed by atoms with Gasteiger partial charge in [-0.05, 0) is 41.7 Å². The molecule has 1 N–H and O–H groups in total. The summed E-state index contributed by atoms with van der Waals surface area (Å²) in [6.07, 6.45) is 1.25. The van der Waals surface area contributed by atoms with Gasteiger partial charge in [-0.3, -0.25) is 4.79 Å². The molecule has 4 rings (SSSR count). The Hall–Kier alpha value is -2.38. The summed E-state index contributed by atoms with van der Waals surface area (Å²) in [7, 11) is -3.65. The maximum atomic E-state index is 13.3. The Morgan fingerprint density at radius 2 is 1.59 bits per heavy atom. The molecule has 0 spiro atoms. The van der Waals surface area contributed by atoms with Gasteiger partial charge in [-0.1, -0.05) is 89.9 Å². The average molecular weight is 517 g/mol. The lowest BCUT2D eigenvalue weighted by atomic mass is 9.95. The van der Waals surface area contributed by atoms with Crippen molar-refractivity contribution in [2.45, 2.75) is 24.6 Å². The predicted octanol–water partition coefficient (Wildman–Crippen LogP) is 5.44. The molecular weight excluding hydrogens is 491 g/mol. The fraction of sp³-hybridized carbons (Fsp3) is 0.269. The summed E-state index contributed by atoms with van der Waals surface area (Å²) in [5.74, 6) is -0.810. The van der Waals surface area contributed by atoms with E-state index >= 15 is 0 Å². The van der Waals surface area contributed by atoms with E-state index < -0.39 is 15.9 Å². The minimum absolute atomic E-state index is 0.148. The minimum atomic E-state index is -3.65. The van der Waals surface area contributed by atoms with Crippen LogP contribution in [0.4, 0.5) is 0 Å². The van der Waals surface area contributed by atoms with Crippen molar-refractivity contribution in [2.75, 3.05) is 13.1 Å². The van der Waals surface area contributed by atoms with E-state index in [1.807, 2.05) is 60.7 Å². The average Bonchev–Trinajstić information content (AvgIpc) is 2.85. The van der Waals surface area contributed by atoms with Gasteiger partial charge in [0.05, 0.1) is 17.7 Å². The van der Waals surface area contributed by atoms with Crippen LogP contribution in [0.15, 0.2) is 78.9 Å². The maximum Gasteiger partial charge on any atom is 0.225 e. The zero-order chi connectivity index (χ0) is 24.1. The molecule has 1 atom stereocenters. The van der Waals surface area contributed by atoms with Crippen LogP contribution in [0.1, 0.15) is 35.6 Å². The topological polar surface area (TPSA) is 66.5 Å². The van der Waals surface area contributed by atoms with Crippen LogP contribution < -0.4 is 5.32 Å². The molecule has 0 aliphatic carbocycles. The SMILES string of the molecule is O=C(NC(c1ccccc1)c1ccccc1)C1CCCN(S(=O)(=O)Cc2ccc(Cl)cc2Cl)C1. The lowest BCUT2D eigenvalue weighted by Crippen LogP contribution is -2.46. The summed E-state index contributed by atoms with van der Waals surface area (Å²) >= 11 is 12.1. The second-order valence-electron chi connectivity index (χ2n) is 8.45. The molecule has 8 heteroatoms. The number of carbonyl (C=O) groups excluding carboxylic acids is 1. The van der Waals surface area contributed by atoms with Gasteiger partial charge in [0.2, 0.25) is 15.9 Å². The quantitative estimate of drug-likeness (QED) is 0.454. The van der Waals surface area contributed by atoms with Gasteiger partial charge in [0, 0.05) is 23.1 Å². The number of benzene rings is 3. The monoisotopic (exact) mass is 516 g/mol. The summed E-state index contributed by atoms with van der Waals surface area (Å²) in [5.41, 5.74) is 2.44. The van der Waals surface area contributed by atoms with E-state index in [9.17, 15) is 13.2 Å². The third-order valence-electron chi connectivity index (χ3n) is 6.05. The Balaban J connectivity index is 1.49. The second kappa shape index (κ2) is 10.9. The molecule has 1 saturated heterocycles. The zero-order valence-corrected chi connectivity index (χ0v) is 20.9. The predicted molar refractivity (Wildman–Crippen MR) is 136 cm³/mol. The highest BCUT2D eigenvalue weighted by Crippen LogP contribution is 2.28. The Labute approximate surface area is 210 Å². The minimum Gasteiger partial charge on any atom is -0.345 e. The molecule has 0 radical (unpaired) electrons. The molecule has 3 aromatic rings. The summed E-state index contributed by atoms with van der Waals surface area (Å²) in [4.78, 5) is 13.3. The van der Waals surface area contributed by atoms with Crippen LogP contribution >= 0.6 is 23.2 Å². The number of piperidine rings is 1. The van der Waals surface area contributed by atoms with Crippen LogP contribution in [-0.4, -0.2) is 31.7 Å². The van der Waals surface area contributed by atoms with Gasteiger partial charge in [0.25, 0.3) is 0 Å². The summed E-state index contributed by atoms with van der Waals surface area (Å²) in [5, 5.41) is 3.93. The van der Waals surface area contributed by atoms with E-state index in [2.05, 4.69) is 5.32 Å². The number of carbonyl (C=O) groups is 1. The molecule has 1 heterocycles. The van der Waals surface area contributed by atoms with Crippen LogP contribution in [-0.2, 0) is 20.6 Å². The Bertz CT molecular complexity index is 1200. The molecule has 0 bridgehead atoms. The van der Waals surface area contributed by atoms with Crippen LogP contribution in [0.3, 0.4) is 0 Å². The van der Waals surface area contributed by atoms with E-state index in [0.717, 1.165) is 11.1 Å². The van der Waals surface area contributed by atoms with E-state index in [4.69, 9.17) is 23.2 Å². The standard InChI is InChI=1S/C26H26Cl2N2O3S/c27-23-14-13-22(24(28)16-23)18-34(32,33)30-15-7-12-21(17-30)26(31)29-25(19-8-3-1-4-9-19)20-10-5-2-6-11-20/h1-6,8-11,13-14,16,21,25H,7,12,15,17-18H2,(H,29,31). The van der Waals surface area contributed by atoms with Gasteiger partial charge in [-0.25, -0.2) is 12.7 Å². The van der Waals surface area contributed by atoms with E-state index in [0.29, 0.717) is 35.0 Å².